The number of piperidine rings is 1. The van der Waals surface area contributed by atoms with Crippen LogP contribution in [0.3, 0.4) is 0 Å². The second kappa shape index (κ2) is 11.2. The van der Waals surface area contributed by atoms with Crippen LogP contribution in [0.1, 0.15) is 74.6 Å². The van der Waals surface area contributed by atoms with Gasteiger partial charge in [-0.2, -0.15) is 8.78 Å². The number of halogens is 4. The number of methoxy groups -OCH3 is 1. The third-order valence-corrected chi connectivity index (χ3v) is 9.11. The molecule has 2 aliphatic heterocycles. The van der Waals surface area contributed by atoms with Crippen LogP contribution >= 0.6 is 11.6 Å². The Morgan fingerprint density at radius 2 is 1.82 bits per heavy atom. The fraction of sp³-hybridized carbons (Fsp3) is 0.567. The van der Waals surface area contributed by atoms with Gasteiger partial charge in [-0.3, -0.25) is 9.69 Å². The molecule has 2 aromatic carbocycles. The molecule has 1 saturated carbocycles. The van der Waals surface area contributed by atoms with Crippen LogP contribution in [0, 0.1) is 17.7 Å². The van der Waals surface area contributed by atoms with E-state index in [1.807, 2.05) is 26.0 Å². The summed E-state index contributed by atoms with van der Waals surface area (Å²) in [5.41, 5.74) is 1.49. The number of benzene rings is 2. The third kappa shape index (κ3) is 5.73. The standard InChI is InChI=1S/C30H35ClF3NO4/c1-17(28(36)37-3)25(19-4-5-19)22-8-6-20-10-11-30(39-27(20)26(22)32)12-14-35(15-13-30)18(2)23-16-21(31)7-9-24(23)38-29(33)34/h6-9,16-19,25,29H,4-5,10-15H2,1-3H3/t17-,18-,25+/m1/s1. The quantitative estimate of drug-likeness (QED) is 0.314. The average Bonchev–Trinajstić information content (AvgIpc) is 3.76. The summed E-state index contributed by atoms with van der Waals surface area (Å²) >= 11 is 6.18. The lowest BCUT2D eigenvalue weighted by atomic mass is 9.79. The number of rotatable bonds is 8. The smallest absolute Gasteiger partial charge is 0.387 e. The number of carbonyl (C=O) groups excluding carboxylic acids is 1. The van der Waals surface area contributed by atoms with E-state index >= 15 is 4.39 Å². The molecular weight excluding hydrogens is 531 g/mol. The van der Waals surface area contributed by atoms with Crippen molar-refractivity contribution in [3.05, 3.63) is 57.9 Å². The van der Waals surface area contributed by atoms with E-state index in [0.717, 1.165) is 24.8 Å². The molecule has 0 aromatic heterocycles. The molecule has 3 atom stereocenters. The van der Waals surface area contributed by atoms with Crippen molar-refractivity contribution in [2.24, 2.45) is 11.8 Å². The molecule has 2 fully saturated rings. The number of alkyl halides is 2. The van der Waals surface area contributed by atoms with Crippen molar-refractivity contribution in [1.29, 1.82) is 0 Å². The summed E-state index contributed by atoms with van der Waals surface area (Å²) in [6.45, 7) is 2.15. The van der Waals surface area contributed by atoms with E-state index in [1.165, 1.54) is 19.2 Å². The van der Waals surface area contributed by atoms with Crippen molar-refractivity contribution < 1.29 is 32.2 Å². The highest BCUT2D eigenvalue weighted by atomic mass is 35.5. The normalized spacial score (nSPS) is 21.1. The maximum Gasteiger partial charge on any atom is 0.387 e. The number of ether oxygens (including phenoxy) is 3. The zero-order chi connectivity index (χ0) is 27.9. The van der Waals surface area contributed by atoms with Crippen LogP contribution in [0.5, 0.6) is 11.5 Å². The third-order valence-electron chi connectivity index (χ3n) is 8.87. The van der Waals surface area contributed by atoms with E-state index in [9.17, 15) is 13.6 Å². The van der Waals surface area contributed by atoms with Gasteiger partial charge >= 0.3 is 12.6 Å². The highest BCUT2D eigenvalue weighted by molar-refractivity contribution is 6.30. The first-order chi connectivity index (χ1) is 18.6. The Kier molecular flexibility index (Phi) is 8.07. The van der Waals surface area contributed by atoms with Gasteiger partial charge in [0.1, 0.15) is 11.4 Å². The summed E-state index contributed by atoms with van der Waals surface area (Å²) in [4.78, 5) is 14.5. The van der Waals surface area contributed by atoms with Crippen molar-refractivity contribution in [2.45, 2.75) is 76.5 Å². The lowest BCUT2D eigenvalue weighted by Crippen LogP contribution is -2.50. The molecular formula is C30H35ClF3NO4. The predicted octanol–water partition coefficient (Wildman–Crippen LogP) is 7.30. The van der Waals surface area contributed by atoms with Crippen molar-refractivity contribution in [1.82, 2.24) is 4.90 Å². The molecule has 2 heterocycles. The molecule has 0 radical (unpaired) electrons. The Labute approximate surface area is 232 Å². The number of fused-ring (bicyclic) bond motifs is 1. The second-order valence-electron chi connectivity index (χ2n) is 11.2. The average molecular weight is 566 g/mol. The van der Waals surface area contributed by atoms with Crippen molar-refractivity contribution in [3.63, 3.8) is 0 Å². The summed E-state index contributed by atoms with van der Waals surface area (Å²) in [6, 6.07) is 8.25. The first-order valence-corrected chi connectivity index (χ1v) is 14.1. The topological polar surface area (TPSA) is 48.0 Å². The molecule has 0 unspecified atom stereocenters. The first kappa shape index (κ1) is 28.1. The molecule has 0 N–H and O–H groups in total. The van der Waals surface area contributed by atoms with Gasteiger partial charge in [0.05, 0.1) is 13.0 Å². The van der Waals surface area contributed by atoms with Crippen molar-refractivity contribution in [2.75, 3.05) is 20.2 Å². The van der Waals surface area contributed by atoms with Crippen molar-refractivity contribution >= 4 is 17.6 Å². The number of hydrogen-bond donors (Lipinski definition) is 0. The second-order valence-corrected chi connectivity index (χ2v) is 11.6. The molecule has 5 rings (SSSR count). The molecule has 0 bridgehead atoms. The van der Waals surface area contributed by atoms with Gasteiger partial charge in [-0.1, -0.05) is 30.7 Å². The van der Waals surface area contributed by atoms with E-state index in [1.54, 1.807) is 6.07 Å². The molecule has 0 amide bonds. The van der Waals surface area contributed by atoms with Gasteiger partial charge in [0.25, 0.3) is 0 Å². The summed E-state index contributed by atoms with van der Waals surface area (Å²) < 4.78 is 58.3. The Morgan fingerprint density at radius 1 is 1.10 bits per heavy atom. The molecule has 1 spiro atoms. The van der Waals surface area contributed by atoms with Gasteiger partial charge in [-0.15, -0.1) is 0 Å². The van der Waals surface area contributed by atoms with Crippen LogP contribution in [0.15, 0.2) is 30.3 Å². The number of aryl methyl sites for hydroxylation is 1. The Morgan fingerprint density at radius 3 is 2.46 bits per heavy atom. The van der Waals surface area contributed by atoms with E-state index in [0.29, 0.717) is 54.3 Å². The lowest BCUT2D eigenvalue weighted by Gasteiger charge is -2.46. The summed E-state index contributed by atoms with van der Waals surface area (Å²) in [7, 11) is 1.37. The van der Waals surface area contributed by atoms with E-state index in [2.05, 4.69) is 4.90 Å². The lowest BCUT2D eigenvalue weighted by molar-refractivity contribution is -0.145. The first-order valence-electron chi connectivity index (χ1n) is 13.7. The molecule has 212 valence electrons. The highest BCUT2D eigenvalue weighted by Gasteiger charge is 2.44. The summed E-state index contributed by atoms with van der Waals surface area (Å²) in [5, 5.41) is 0.455. The maximum absolute atomic E-state index is 16.1. The van der Waals surface area contributed by atoms with Crippen LogP contribution in [-0.4, -0.2) is 43.3 Å². The highest BCUT2D eigenvalue weighted by Crippen LogP contribution is 2.50. The van der Waals surface area contributed by atoms with E-state index in [-0.39, 0.29) is 35.4 Å². The Hall–Kier alpha value is -2.45. The molecule has 5 nitrogen and oxygen atoms in total. The number of carbonyl (C=O) groups is 1. The van der Waals surface area contributed by atoms with E-state index in [4.69, 9.17) is 25.8 Å². The Balaban J connectivity index is 1.33. The number of esters is 1. The van der Waals surface area contributed by atoms with Gasteiger partial charge < -0.3 is 14.2 Å². The van der Waals surface area contributed by atoms with Gasteiger partial charge in [-0.25, -0.2) is 4.39 Å². The zero-order valence-electron chi connectivity index (χ0n) is 22.5. The zero-order valence-corrected chi connectivity index (χ0v) is 23.3. The Bertz CT molecular complexity index is 1210. The monoisotopic (exact) mass is 565 g/mol. The van der Waals surface area contributed by atoms with E-state index < -0.39 is 18.1 Å². The van der Waals surface area contributed by atoms with Crippen LogP contribution in [0.4, 0.5) is 13.2 Å². The van der Waals surface area contributed by atoms with Gasteiger partial charge in [0, 0.05) is 35.6 Å². The molecule has 1 saturated heterocycles. The fourth-order valence-electron chi connectivity index (χ4n) is 6.44. The summed E-state index contributed by atoms with van der Waals surface area (Å²) in [5.74, 6) is -0.680. The van der Waals surface area contributed by atoms with Crippen LogP contribution in [0.2, 0.25) is 5.02 Å². The molecule has 9 heteroatoms. The molecule has 39 heavy (non-hydrogen) atoms. The largest absolute Gasteiger partial charge is 0.484 e. The van der Waals surface area contributed by atoms with Crippen molar-refractivity contribution in [3.8, 4) is 11.5 Å². The maximum atomic E-state index is 16.1. The predicted molar refractivity (Wildman–Crippen MR) is 142 cm³/mol. The molecule has 1 aliphatic carbocycles. The molecule has 2 aromatic rings. The SMILES string of the molecule is COC(=O)[C@H](C)[C@H](c1ccc2c(c1F)OC1(CC2)CCN([C@H](C)c2cc(Cl)ccc2OC(F)F)CC1)C1CC1. The number of likely N-dealkylation sites (tertiary alicyclic amines) is 1. The fourth-order valence-corrected chi connectivity index (χ4v) is 6.62. The van der Waals surface area contributed by atoms with Crippen LogP contribution in [0.25, 0.3) is 0 Å². The van der Waals surface area contributed by atoms with Crippen LogP contribution in [-0.2, 0) is 16.0 Å². The number of nitrogens with zero attached hydrogens (tertiary/aromatic N) is 1. The van der Waals surface area contributed by atoms with Gasteiger partial charge in [0.15, 0.2) is 11.6 Å². The van der Waals surface area contributed by atoms with Gasteiger partial charge in [-0.05, 0) is 80.7 Å². The minimum Gasteiger partial charge on any atom is -0.484 e. The van der Waals surface area contributed by atoms with Crippen LogP contribution < -0.4 is 9.47 Å². The van der Waals surface area contributed by atoms with Gasteiger partial charge in [0.2, 0.25) is 0 Å². The summed E-state index contributed by atoms with van der Waals surface area (Å²) in [6.07, 6.45) is 4.79. The minimum atomic E-state index is -2.92. The number of hydrogen-bond acceptors (Lipinski definition) is 5. The molecule has 3 aliphatic rings. The minimum absolute atomic E-state index is 0.117.